The van der Waals surface area contributed by atoms with E-state index in [9.17, 15) is 9.59 Å². The summed E-state index contributed by atoms with van der Waals surface area (Å²) in [6, 6.07) is 0. The molecule has 0 aromatic rings. The smallest absolute Gasteiger partial charge is 0.334 e. The highest BCUT2D eigenvalue weighted by atomic mass is 16.5. The zero-order chi connectivity index (χ0) is 11.4. The third-order valence-corrected chi connectivity index (χ3v) is 2.40. The molecule has 6 heteroatoms. The van der Waals surface area contributed by atoms with E-state index in [1.807, 2.05) is 6.92 Å². The normalized spacial score (nSPS) is 27.3. The molecule has 1 aliphatic heterocycles. The van der Waals surface area contributed by atoms with Crippen LogP contribution in [-0.2, 0) is 14.3 Å². The molecule has 0 bridgehead atoms. The Morgan fingerprint density at radius 3 is 2.73 bits per heavy atom. The molecule has 15 heavy (non-hydrogen) atoms. The first-order chi connectivity index (χ1) is 7.02. The highest BCUT2D eigenvalue weighted by Crippen LogP contribution is 2.19. The van der Waals surface area contributed by atoms with Crippen LogP contribution in [0.1, 0.15) is 13.3 Å². The number of carbonyl (C=O) groups excluding carboxylic acids is 1. The third-order valence-electron chi connectivity index (χ3n) is 2.40. The van der Waals surface area contributed by atoms with Crippen LogP contribution in [0.3, 0.4) is 0 Å². The van der Waals surface area contributed by atoms with Crippen LogP contribution >= 0.6 is 0 Å². The summed E-state index contributed by atoms with van der Waals surface area (Å²) >= 11 is 0. The van der Waals surface area contributed by atoms with E-state index >= 15 is 0 Å². The SMILES string of the molecule is CC1CCOC1C(=O)NCC(O)C(=O)O. The number of aliphatic hydroxyl groups is 1. The number of hydrogen-bond acceptors (Lipinski definition) is 4. The summed E-state index contributed by atoms with van der Waals surface area (Å²) in [7, 11) is 0. The summed E-state index contributed by atoms with van der Waals surface area (Å²) in [5, 5.41) is 19.6. The number of aliphatic carboxylic acids is 1. The quantitative estimate of drug-likeness (QED) is 0.559. The van der Waals surface area contributed by atoms with Crippen molar-refractivity contribution in [2.24, 2.45) is 5.92 Å². The molecule has 3 unspecified atom stereocenters. The molecule has 3 atom stereocenters. The molecule has 0 spiro atoms. The van der Waals surface area contributed by atoms with Gasteiger partial charge in [-0.3, -0.25) is 4.79 Å². The van der Waals surface area contributed by atoms with Gasteiger partial charge in [-0.05, 0) is 12.3 Å². The van der Waals surface area contributed by atoms with Crippen molar-refractivity contribution < 1.29 is 24.5 Å². The molecule has 1 saturated heterocycles. The van der Waals surface area contributed by atoms with E-state index in [1.54, 1.807) is 0 Å². The van der Waals surface area contributed by atoms with Crippen molar-refractivity contribution in [2.75, 3.05) is 13.2 Å². The number of rotatable bonds is 4. The van der Waals surface area contributed by atoms with Crippen LogP contribution in [0.2, 0.25) is 0 Å². The number of aliphatic hydroxyl groups excluding tert-OH is 1. The van der Waals surface area contributed by atoms with Crippen LogP contribution in [0, 0.1) is 5.92 Å². The summed E-state index contributed by atoms with van der Waals surface area (Å²) < 4.78 is 5.18. The highest BCUT2D eigenvalue weighted by Gasteiger charge is 2.31. The minimum atomic E-state index is -1.56. The third kappa shape index (κ3) is 3.17. The summed E-state index contributed by atoms with van der Waals surface area (Å²) in [6.07, 6.45) is -1.27. The average molecular weight is 217 g/mol. The summed E-state index contributed by atoms with van der Waals surface area (Å²) in [5.41, 5.74) is 0. The molecular formula is C9H15NO5. The van der Waals surface area contributed by atoms with Crippen molar-refractivity contribution in [1.82, 2.24) is 5.32 Å². The van der Waals surface area contributed by atoms with Gasteiger partial charge in [0.1, 0.15) is 6.10 Å². The Kier molecular flexibility index (Phi) is 4.05. The van der Waals surface area contributed by atoms with E-state index in [2.05, 4.69) is 5.32 Å². The van der Waals surface area contributed by atoms with Crippen molar-refractivity contribution in [3.8, 4) is 0 Å². The Balaban J connectivity index is 2.32. The maximum Gasteiger partial charge on any atom is 0.334 e. The topological polar surface area (TPSA) is 95.9 Å². The predicted molar refractivity (Wildman–Crippen MR) is 50.2 cm³/mol. The van der Waals surface area contributed by atoms with Crippen molar-refractivity contribution in [2.45, 2.75) is 25.6 Å². The molecule has 1 rings (SSSR count). The van der Waals surface area contributed by atoms with Gasteiger partial charge in [0.2, 0.25) is 5.91 Å². The second-order valence-electron chi connectivity index (χ2n) is 3.66. The monoisotopic (exact) mass is 217 g/mol. The number of ether oxygens (including phenoxy) is 1. The molecule has 0 aromatic carbocycles. The first kappa shape index (κ1) is 11.9. The molecule has 86 valence electrons. The van der Waals surface area contributed by atoms with Gasteiger partial charge in [-0.1, -0.05) is 6.92 Å². The second kappa shape index (κ2) is 5.09. The van der Waals surface area contributed by atoms with Gasteiger partial charge in [-0.15, -0.1) is 0 Å². The van der Waals surface area contributed by atoms with Gasteiger partial charge in [0.25, 0.3) is 0 Å². The van der Waals surface area contributed by atoms with E-state index < -0.39 is 18.2 Å². The van der Waals surface area contributed by atoms with Crippen LogP contribution < -0.4 is 5.32 Å². The molecule has 0 aromatic heterocycles. The minimum Gasteiger partial charge on any atom is -0.479 e. The average Bonchev–Trinajstić information content (AvgIpc) is 2.60. The van der Waals surface area contributed by atoms with Crippen molar-refractivity contribution >= 4 is 11.9 Å². The first-order valence-electron chi connectivity index (χ1n) is 4.82. The maximum atomic E-state index is 11.4. The van der Waals surface area contributed by atoms with Crippen molar-refractivity contribution in [3.63, 3.8) is 0 Å². The Labute approximate surface area is 87.2 Å². The fraction of sp³-hybridized carbons (Fsp3) is 0.778. The highest BCUT2D eigenvalue weighted by molar-refractivity contribution is 5.82. The Morgan fingerprint density at radius 2 is 2.27 bits per heavy atom. The van der Waals surface area contributed by atoms with Gasteiger partial charge < -0.3 is 20.3 Å². The van der Waals surface area contributed by atoms with E-state index in [-0.39, 0.29) is 18.4 Å². The number of carboxylic acids is 1. The minimum absolute atomic E-state index is 0.131. The van der Waals surface area contributed by atoms with Crippen LogP contribution in [-0.4, -0.2) is 47.4 Å². The van der Waals surface area contributed by atoms with Gasteiger partial charge in [0, 0.05) is 6.61 Å². The molecule has 1 amide bonds. The summed E-state index contributed by atoms with van der Waals surface area (Å²) in [5.74, 6) is -1.58. The van der Waals surface area contributed by atoms with E-state index in [0.717, 1.165) is 6.42 Å². The molecular weight excluding hydrogens is 202 g/mol. The van der Waals surface area contributed by atoms with Crippen LogP contribution in [0.4, 0.5) is 0 Å². The lowest BCUT2D eigenvalue weighted by molar-refractivity contribution is -0.146. The largest absolute Gasteiger partial charge is 0.479 e. The lowest BCUT2D eigenvalue weighted by atomic mass is 10.0. The van der Waals surface area contributed by atoms with Gasteiger partial charge >= 0.3 is 5.97 Å². The Morgan fingerprint density at radius 1 is 1.60 bits per heavy atom. The van der Waals surface area contributed by atoms with Crippen molar-refractivity contribution in [3.05, 3.63) is 0 Å². The fourth-order valence-electron chi connectivity index (χ4n) is 1.42. The van der Waals surface area contributed by atoms with E-state index in [0.29, 0.717) is 6.61 Å². The lowest BCUT2D eigenvalue weighted by Gasteiger charge is -2.15. The molecule has 1 aliphatic rings. The van der Waals surface area contributed by atoms with E-state index in [4.69, 9.17) is 14.9 Å². The molecule has 3 N–H and O–H groups in total. The van der Waals surface area contributed by atoms with Crippen LogP contribution in [0.25, 0.3) is 0 Å². The molecule has 0 saturated carbocycles. The van der Waals surface area contributed by atoms with Gasteiger partial charge in [0.05, 0.1) is 6.54 Å². The van der Waals surface area contributed by atoms with Crippen LogP contribution in [0.5, 0.6) is 0 Å². The number of hydrogen-bond donors (Lipinski definition) is 3. The second-order valence-corrected chi connectivity index (χ2v) is 3.66. The summed E-state index contributed by atoms with van der Waals surface area (Å²) in [6.45, 7) is 2.15. The lowest BCUT2D eigenvalue weighted by Crippen LogP contribution is -2.42. The molecule has 6 nitrogen and oxygen atoms in total. The zero-order valence-corrected chi connectivity index (χ0v) is 8.47. The summed E-state index contributed by atoms with van der Waals surface area (Å²) in [4.78, 5) is 21.7. The standard InChI is InChI=1S/C9H15NO5/c1-5-2-3-15-7(5)8(12)10-4-6(11)9(13)14/h5-7,11H,2-4H2,1H3,(H,10,12)(H,13,14). The number of carbonyl (C=O) groups is 2. The number of amides is 1. The fourth-order valence-corrected chi connectivity index (χ4v) is 1.42. The number of carboxylic acid groups (broad SMARTS) is 1. The van der Waals surface area contributed by atoms with Gasteiger partial charge in [-0.2, -0.15) is 0 Å². The molecule has 1 heterocycles. The zero-order valence-electron chi connectivity index (χ0n) is 8.47. The van der Waals surface area contributed by atoms with Crippen LogP contribution in [0.15, 0.2) is 0 Å². The molecule has 0 aliphatic carbocycles. The Bertz CT molecular complexity index is 255. The molecule has 1 fully saturated rings. The maximum absolute atomic E-state index is 11.4. The number of nitrogens with one attached hydrogen (secondary N) is 1. The van der Waals surface area contributed by atoms with Gasteiger partial charge in [0.15, 0.2) is 6.10 Å². The van der Waals surface area contributed by atoms with Gasteiger partial charge in [-0.25, -0.2) is 4.79 Å². The molecule has 0 radical (unpaired) electrons. The predicted octanol–water partition coefficient (Wildman–Crippen LogP) is -1.03. The van der Waals surface area contributed by atoms with E-state index in [1.165, 1.54) is 0 Å². The first-order valence-corrected chi connectivity index (χ1v) is 4.82. The van der Waals surface area contributed by atoms with Crippen molar-refractivity contribution in [1.29, 1.82) is 0 Å². The Hall–Kier alpha value is -1.14.